The number of benzene rings is 1. The number of carbonyl (C=O) groups excluding carboxylic acids is 1. The quantitative estimate of drug-likeness (QED) is 0.848. The summed E-state index contributed by atoms with van der Waals surface area (Å²) in [6, 6.07) is 6.01. The van der Waals surface area contributed by atoms with E-state index < -0.39 is 12.0 Å². The van der Waals surface area contributed by atoms with Crippen molar-refractivity contribution in [2.75, 3.05) is 0 Å². The maximum Gasteiger partial charge on any atom is 0.258 e. The van der Waals surface area contributed by atoms with E-state index >= 15 is 0 Å². The van der Waals surface area contributed by atoms with Crippen LogP contribution >= 0.6 is 0 Å². The summed E-state index contributed by atoms with van der Waals surface area (Å²) in [5, 5.41) is 0. The van der Waals surface area contributed by atoms with E-state index in [9.17, 15) is 4.79 Å². The van der Waals surface area contributed by atoms with Crippen LogP contribution in [0.2, 0.25) is 0 Å². The van der Waals surface area contributed by atoms with Gasteiger partial charge in [-0.25, -0.2) is 0 Å². The second-order valence-corrected chi connectivity index (χ2v) is 4.36. The van der Waals surface area contributed by atoms with E-state index in [-0.39, 0.29) is 0 Å². The number of nitrogens with two attached hydrogens (primary N) is 1. The second kappa shape index (κ2) is 5.01. The zero-order valence-corrected chi connectivity index (χ0v) is 10.3. The van der Waals surface area contributed by atoms with Gasteiger partial charge in [0, 0.05) is 0 Å². The van der Waals surface area contributed by atoms with E-state index in [1.807, 2.05) is 25.1 Å². The SMILES string of the molecule is Cc1ccc(C(C)C)c(O[C@H](C)C(N)=O)c1. The molecule has 0 spiro atoms. The lowest BCUT2D eigenvalue weighted by Crippen LogP contribution is -2.31. The van der Waals surface area contributed by atoms with Crippen LogP contribution in [-0.2, 0) is 4.79 Å². The number of primary amides is 1. The summed E-state index contributed by atoms with van der Waals surface area (Å²) in [7, 11) is 0. The molecule has 0 aliphatic rings. The highest BCUT2D eigenvalue weighted by molar-refractivity contribution is 5.78. The molecule has 1 aromatic carbocycles. The van der Waals surface area contributed by atoms with Crippen LogP contribution in [0.15, 0.2) is 18.2 Å². The van der Waals surface area contributed by atoms with E-state index in [0.717, 1.165) is 16.9 Å². The van der Waals surface area contributed by atoms with Crippen molar-refractivity contribution in [2.45, 2.75) is 39.7 Å². The lowest BCUT2D eigenvalue weighted by atomic mass is 10.0. The normalized spacial score (nSPS) is 12.6. The monoisotopic (exact) mass is 221 g/mol. The number of rotatable bonds is 4. The molecule has 3 nitrogen and oxygen atoms in total. The van der Waals surface area contributed by atoms with Crippen molar-refractivity contribution in [1.82, 2.24) is 0 Å². The number of hydrogen-bond acceptors (Lipinski definition) is 2. The Hall–Kier alpha value is -1.51. The molecule has 0 aromatic heterocycles. The highest BCUT2D eigenvalue weighted by Crippen LogP contribution is 2.28. The second-order valence-electron chi connectivity index (χ2n) is 4.36. The van der Waals surface area contributed by atoms with Crippen molar-refractivity contribution >= 4 is 5.91 Å². The Morgan fingerprint density at radius 3 is 2.44 bits per heavy atom. The van der Waals surface area contributed by atoms with Crippen LogP contribution in [0, 0.1) is 6.92 Å². The summed E-state index contributed by atoms with van der Waals surface area (Å²) in [6.07, 6.45) is -0.598. The van der Waals surface area contributed by atoms with Crippen LogP contribution in [0.3, 0.4) is 0 Å². The Kier molecular flexibility index (Phi) is 3.93. The van der Waals surface area contributed by atoms with Crippen LogP contribution in [0.4, 0.5) is 0 Å². The number of amides is 1. The van der Waals surface area contributed by atoms with Gasteiger partial charge in [0.1, 0.15) is 5.75 Å². The molecule has 1 amide bonds. The molecular weight excluding hydrogens is 202 g/mol. The van der Waals surface area contributed by atoms with Gasteiger partial charge in [0.2, 0.25) is 0 Å². The molecular formula is C13H19NO2. The smallest absolute Gasteiger partial charge is 0.258 e. The zero-order chi connectivity index (χ0) is 12.3. The highest BCUT2D eigenvalue weighted by Gasteiger charge is 2.14. The van der Waals surface area contributed by atoms with Gasteiger partial charge >= 0.3 is 0 Å². The fourth-order valence-corrected chi connectivity index (χ4v) is 1.47. The molecule has 0 heterocycles. The fourth-order valence-electron chi connectivity index (χ4n) is 1.47. The van der Waals surface area contributed by atoms with E-state index in [0.29, 0.717) is 5.92 Å². The van der Waals surface area contributed by atoms with E-state index in [2.05, 4.69) is 13.8 Å². The first-order chi connectivity index (χ1) is 7.41. The molecule has 0 saturated heterocycles. The van der Waals surface area contributed by atoms with Gasteiger partial charge < -0.3 is 10.5 Å². The van der Waals surface area contributed by atoms with E-state index in [1.165, 1.54) is 0 Å². The topological polar surface area (TPSA) is 52.3 Å². The van der Waals surface area contributed by atoms with Crippen molar-refractivity contribution in [3.63, 3.8) is 0 Å². The molecule has 0 fully saturated rings. The summed E-state index contributed by atoms with van der Waals surface area (Å²) in [5.41, 5.74) is 7.39. The van der Waals surface area contributed by atoms with Crippen LogP contribution < -0.4 is 10.5 Å². The molecule has 0 radical (unpaired) electrons. The summed E-state index contributed by atoms with van der Waals surface area (Å²) in [4.78, 5) is 11.0. The van der Waals surface area contributed by atoms with Gasteiger partial charge in [0.05, 0.1) is 0 Å². The Morgan fingerprint density at radius 1 is 1.31 bits per heavy atom. The van der Waals surface area contributed by atoms with Gasteiger partial charge in [-0.1, -0.05) is 26.0 Å². The van der Waals surface area contributed by atoms with Crippen LogP contribution in [0.1, 0.15) is 37.8 Å². The van der Waals surface area contributed by atoms with Crippen molar-refractivity contribution in [2.24, 2.45) is 5.73 Å². The minimum absolute atomic E-state index is 0.357. The van der Waals surface area contributed by atoms with Crippen molar-refractivity contribution in [1.29, 1.82) is 0 Å². The molecule has 0 unspecified atom stereocenters. The third-order valence-electron chi connectivity index (χ3n) is 2.50. The first kappa shape index (κ1) is 12.6. The van der Waals surface area contributed by atoms with Gasteiger partial charge in [0.15, 0.2) is 6.10 Å². The zero-order valence-electron chi connectivity index (χ0n) is 10.3. The van der Waals surface area contributed by atoms with Gasteiger partial charge in [-0.2, -0.15) is 0 Å². The van der Waals surface area contributed by atoms with E-state index in [4.69, 9.17) is 10.5 Å². The molecule has 0 saturated carbocycles. The molecule has 16 heavy (non-hydrogen) atoms. The molecule has 2 N–H and O–H groups in total. The molecule has 88 valence electrons. The van der Waals surface area contributed by atoms with Gasteiger partial charge in [-0.05, 0) is 37.0 Å². The summed E-state index contributed by atoms with van der Waals surface area (Å²) in [5.74, 6) is 0.660. The Bertz CT molecular complexity index is 386. The molecule has 0 aliphatic heterocycles. The summed E-state index contributed by atoms with van der Waals surface area (Å²) >= 11 is 0. The van der Waals surface area contributed by atoms with Crippen molar-refractivity contribution < 1.29 is 9.53 Å². The third kappa shape index (κ3) is 2.99. The number of ether oxygens (including phenoxy) is 1. The average molecular weight is 221 g/mol. The molecule has 1 rings (SSSR count). The number of carbonyl (C=O) groups is 1. The fraction of sp³-hybridized carbons (Fsp3) is 0.462. The summed E-state index contributed by atoms with van der Waals surface area (Å²) < 4.78 is 5.57. The van der Waals surface area contributed by atoms with Crippen LogP contribution in [0.5, 0.6) is 5.75 Å². The molecule has 3 heteroatoms. The number of aryl methyl sites for hydroxylation is 1. The first-order valence-corrected chi connectivity index (χ1v) is 5.48. The van der Waals surface area contributed by atoms with Crippen LogP contribution in [-0.4, -0.2) is 12.0 Å². The predicted molar refractivity (Wildman–Crippen MR) is 64.6 cm³/mol. The highest BCUT2D eigenvalue weighted by atomic mass is 16.5. The van der Waals surface area contributed by atoms with Gasteiger partial charge in [-0.15, -0.1) is 0 Å². The Morgan fingerprint density at radius 2 is 1.94 bits per heavy atom. The lowest BCUT2D eigenvalue weighted by molar-refractivity contribution is -0.124. The van der Waals surface area contributed by atoms with Gasteiger partial charge in [-0.3, -0.25) is 4.79 Å². The van der Waals surface area contributed by atoms with E-state index in [1.54, 1.807) is 6.92 Å². The summed E-state index contributed by atoms with van der Waals surface area (Å²) in [6.45, 7) is 7.83. The first-order valence-electron chi connectivity index (χ1n) is 5.48. The maximum absolute atomic E-state index is 11.0. The molecule has 1 atom stereocenters. The maximum atomic E-state index is 11.0. The average Bonchev–Trinajstić information content (AvgIpc) is 2.16. The number of hydrogen-bond donors (Lipinski definition) is 1. The minimum atomic E-state index is -0.598. The molecule has 0 bridgehead atoms. The lowest BCUT2D eigenvalue weighted by Gasteiger charge is -2.17. The Balaban J connectivity index is 3.01. The molecule has 1 aromatic rings. The standard InChI is InChI=1S/C13H19NO2/c1-8(2)11-6-5-9(3)7-12(11)16-10(4)13(14)15/h5-8,10H,1-4H3,(H2,14,15)/t10-/m1/s1. The van der Waals surface area contributed by atoms with Gasteiger partial charge in [0.25, 0.3) is 5.91 Å². The van der Waals surface area contributed by atoms with Crippen LogP contribution in [0.25, 0.3) is 0 Å². The van der Waals surface area contributed by atoms with Crippen molar-refractivity contribution in [3.8, 4) is 5.75 Å². The van der Waals surface area contributed by atoms with Crippen molar-refractivity contribution in [3.05, 3.63) is 29.3 Å². The third-order valence-corrected chi connectivity index (χ3v) is 2.50. The minimum Gasteiger partial charge on any atom is -0.481 e. The largest absolute Gasteiger partial charge is 0.481 e. The Labute approximate surface area is 96.6 Å². The molecule has 0 aliphatic carbocycles. The predicted octanol–water partition coefficient (Wildman–Crippen LogP) is 2.37.